The molecule has 3 aromatic rings. The number of aliphatic hydroxyl groups is 1. The lowest BCUT2D eigenvalue weighted by molar-refractivity contribution is -0.250. The van der Waals surface area contributed by atoms with Crippen molar-refractivity contribution in [2.24, 2.45) is 7.05 Å². The van der Waals surface area contributed by atoms with Gasteiger partial charge in [-0.05, 0) is 31.0 Å². The van der Waals surface area contributed by atoms with Crippen LogP contribution in [0.4, 0.5) is 26.3 Å². The molecule has 0 aliphatic heterocycles. The summed E-state index contributed by atoms with van der Waals surface area (Å²) in [5, 5.41) is 13.5. The second-order valence-corrected chi connectivity index (χ2v) is 7.80. The molecule has 1 aliphatic carbocycles. The molecule has 0 bridgehead atoms. The summed E-state index contributed by atoms with van der Waals surface area (Å²) in [6.07, 6.45) is -7.44. The molecule has 0 amide bonds. The molecule has 0 spiro atoms. The first-order chi connectivity index (χ1) is 14.3. The highest BCUT2D eigenvalue weighted by atomic mass is 35.5. The van der Waals surface area contributed by atoms with Crippen LogP contribution in [0.25, 0.3) is 10.9 Å². The Bertz CT molecular complexity index is 1240. The molecule has 4 rings (SSSR count). The van der Waals surface area contributed by atoms with Crippen molar-refractivity contribution in [3.05, 3.63) is 62.7 Å². The smallest absolute Gasteiger partial charge is 0.371 e. The molecule has 1 atom stereocenters. The lowest BCUT2D eigenvalue weighted by atomic mass is 9.87. The van der Waals surface area contributed by atoms with E-state index in [1.807, 2.05) is 0 Å². The average Bonchev–Trinajstić information content (AvgIpc) is 3.41. The van der Waals surface area contributed by atoms with Gasteiger partial charge in [-0.15, -0.1) is 0 Å². The number of hydrogen-bond donors (Lipinski definition) is 1. The highest BCUT2D eigenvalue weighted by molar-refractivity contribution is 6.31. The summed E-state index contributed by atoms with van der Waals surface area (Å²) in [5.41, 5.74) is -7.75. The topological polar surface area (TPSA) is 60.0 Å². The third-order valence-electron chi connectivity index (χ3n) is 5.31. The fourth-order valence-corrected chi connectivity index (χ4v) is 3.96. The second kappa shape index (κ2) is 6.73. The van der Waals surface area contributed by atoms with E-state index in [9.17, 15) is 36.2 Å². The normalized spacial score (nSPS) is 17.2. The van der Waals surface area contributed by atoms with Gasteiger partial charge in [0.15, 0.2) is 5.52 Å². The Balaban J connectivity index is 1.99. The lowest BCUT2D eigenvalue weighted by Crippen LogP contribution is -2.45. The van der Waals surface area contributed by atoms with Crippen molar-refractivity contribution in [1.29, 1.82) is 0 Å². The zero-order valence-corrected chi connectivity index (χ0v) is 16.5. The number of benzene rings is 1. The Kier molecular flexibility index (Phi) is 4.71. The number of nitrogens with zero attached hydrogens (tertiary/aromatic N) is 3. The van der Waals surface area contributed by atoms with Crippen molar-refractivity contribution >= 4 is 22.5 Å². The predicted octanol–water partition coefficient (Wildman–Crippen LogP) is 4.54. The van der Waals surface area contributed by atoms with Crippen LogP contribution in [0, 0.1) is 0 Å². The molecule has 0 radical (unpaired) electrons. The largest absolute Gasteiger partial charge is 0.427 e. The Labute approximate surface area is 175 Å². The van der Waals surface area contributed by atoms with Gasteiger partial charge in [0, 0.05) is 30.2 Å². The van der Waals surface area contributed by atoms with Crippen LogP contribution in [-0.2, 0) is 18.8 Å². The fourth-order valence-electron chi connectivity index (χ4n) is 3.67. The number of hydrogen-bond acceptors (Lipinski definition) is 3. The molecule has 5 nitrogen and oxygen atoms in total. The minimum absolute atomic E-state index is 0.0578. The molecule has 2 heterocycles. The standard InChI is InChI=1S/C19H14ClF6N3O2/c1-28-15(11-6-7-29(10-3-4-10)16(30)14(11)27-28)17(31,19(24,25)26)9-2-5-12(13(20)8-9)18(21,22)23/h2,5-8,10,31H,3-4H2,1H3. The third kappa shape index (κ3) is 3.30. The quantitative estimate of drug-likeness (QED) is 0.578. The molecule has 1 saturated carbocycles. The van der Waals surface area contributed by atoms with E-state index in [2.05, 4.69) is 5.10 Å². The van der Waals surface area contributed by atoms with Crippen LogP contribution in [-0.4, -0.2) is 25.6 Å². The summed E-state index contributed by atoms with van der Waals surface area (Å²) >= 11 is 5.60. The summed E-state index contributed by atoms with van der Waals surface area (Å²) in [6, 6.07) is 2.47. The maximum atomic E-state index is 14.2. The molecule has 1 aromatic carbocycles. The van der Waals surface area contributed by atoms with Gasteiger partial charge in [0.2, 0.25) is 5.60 Å². The van der Waals surface area contributed by atoms with Crippen molar-refractivity contribution in [3.8, 4) is 0 Å². The molecular weight excluding hydrogens is 452 g/mol. The van der Waals surface area contributed by atoms with Gasteiger partial charge in [-0.25, -0.2) is 0 Å². The van der Waals surface area contributed by atoms with Gasteiger partial charge < -0.3 is 9.67 Å². The molecule has 1 aliphatic rings. The highest BCUT2D eigenvalue weighted by Crippen LogP contribution is 2.48. The number of halogens is 7. The SMILES string of the molecule is Cn1nc2c(=O)n(C3CC3)ccc2c1C(O)(c1ccc(C(F)(F)F)c(Cl)c1)C(F)(F)F. The van der Waals surface area contributed by atoms with Gasteiger partial charge in [0.05, 0.1) is 16.3 Å². The Hall–Kier alpha value is -2.53. The summed E-state index contributed by atoms with van der Waals surface area (Å²) in [6.45, 7) is 0. The molecular formula is C19H14ClF6N3O2. The lowest BCUT2D eigenvalue weighted by Gasteiger charge is -2.32. The Morgan fingerprint density at radius 2 is 1.77 bits per heavy atom. The zero-order chi connectivity index (χ0) is 22.9. The molecule has 2 aromatic heterocycles. The minimum atomic E-state index is -5.37. The molecule has 166 valence electrons. The van der Waals surface area contributed by atoms with E-state index in [1.165, 1.54) is 16.8 Å². The van der Waals surface area contributed by atoms with Gasteiger partial charge >= 0.3 is 12.4 Å². The Morgan fingerprint density at radius 3 is 2.29 bits per heavy atom. The summed E-state index contributed by atoms with van der Waals surface area (Å²) in [5.74, 6) is 0. The van der Waals surface area contributed by atoms with Gasteiger partial charge in [0.25, 0.3) is 5.56 Å². The van der Waals surface area contributed by atoms with Gasteiger partial charge in [0.1, 0.15) is 0 Å². The summed E-state index contributed by atoms with van der Waals surface area (Å²) < 4.78 is 83.7. The van der Waals surface area contributed by atoms with E-state index >= 15 is 0 Å². The zero-order valence-electron chi connectivity index (χ0n) is 15.7. The van der Waals surface area contributed by atoms with E-state index in [0.717, 1.165) is 19.9 Å². The molecule has 1 unspecified atom stereocenters. The van der Waals surface area contributed by atoms with Crippen LogP contribution < -0.4 is 5.56 Å². The second-order valence-electron chi connectivity index (χ2n) is 7.39. The highest BCUT2D eigenvalue weighted by Gasteiger charge is 2.59. The maximum Gasteiger partial charge on any atom is 0.427 e. The molecule has 12 heteroatoms. The number of aryl methyl sites for hydroxylation is 1. The van der Waals surface area contributed by atoms with Gasteiger partial charge in [-0.2, -0.15) is 31.4 Å². The number of fused-ring (bicyclic) bond motifs is 1. The summed E-state index contributed by atoms with van der Waals surface area (Å²) in [7, 11) is 1.11. The number of aromatic nitrogens is 3. The van der Waals surface area contributed by atoms with Crippen LogP contribution in [0.2, 0.25) is 5.02 Å². The van der Waals surface area contributed by atoms with Crippen LogP contribution >= 0.6 is 11.6 Å². The molecule has 1 fully saturated rings. The van der Waals surface area contributed by atoms with Crippen LogP contribution in [0.15, 0.2) is 35.3 Å². The van der Waals surface area contributed by atoms with E-state index in [0.29, 0.717) is 22.9 Å². The first kappa shape index (κ1) is 21.7. The van der Waals surface area contributed by atoms with Crippen LogP contribution in [0.5, 0.6) is 0 Å². The van der Waals surface area contributed by atoms with E-state index in [-0.39, 0.29) is 16.9 Å². The summed E-state index contributed by atoms with van der Waals surface area (Å²) in [4.78, 5) is 12.7. The maximum absolute atomic E-state index is 14.2. The van der Waals surface area contributed by atoms with Crippen LogP contribution in [0.1, 0.15) is 35.7 Å². The van der Waals surface area contributed by atoms with Crippen LogP contribution in [0.3, 0.4) is 0 Å². The average molecular weight is 466 g/mol. The first-order valence-corrected chi connectivity index (χ1v) is 9.39. The van der Waals surface area contributed by atoms with Crippen molar-refractivity contribution in [2.75, 3.05) is 0 Å². The predicted molar refractivity (Wildman–Crippen MR) is 98.8 cm³/mol. The Morgan fingerprint density at radius 1 is 1.13 bits per heavy atom. The van der Waals surface area contributed by atoms with E-state index in [4.69, 9.17) is 11.6 Å². The van der Waals surface area contributed by atoms with E-state index in [1.54, 1.807) is 0 Å². The molecule has 1 N–H and O–H groups in total. The van der Waals surface area contributed by atoms with Crippen molar-refractivity contribution in [3.63, 3.8) is 0 Å². The number of alkyl halides is 6. The van der Waals surface area contributed by atoms with Crippen molar-refractivity contribution in [2.45, 2.75) is 36.8 Å². The van der Waals surface area contributed by atoms with Gasteiger partial charge in [-0.1, -0.05) is 17.7 Å². The van der Waals surface area contributed by atoms with Crippen molar-refractivity contribution < 1.29 is 31.4 Å². The first-order valence-electron chi connectivity index (χ1n) is 9.01. The monoisotopic (exact) mass is 465 g/mol. The van der Waals surface area contributed by atoms with Gasteiger partial charge in [-0.3, -0.25) is 9.48 Å². The molecule has 0 saturated heterocycles. The number of pyridine rings is 1. The van der Waals surface area contributed by atoms with E-state index < -0.39 is 45.4 Å². The molecule has 31 heavy (non-hydrogen) atoms. The third-order valence-corrected chi connectivity index (χ3v) is 5.62. The minimum Gasteiger partial charge on any atom is -0.371 e. The fraction of sp³-hybridized carbons (Fsp3) is 0.368. The van der Waals surface area contributed by atoms with Crippen molar-refractivity contribution in [1.82, 2.24) is 14.3 Å². The number of rotatable bonds is 3.